The van der Waals surface area contributed by atoms with Crippen molar-refractivity contribution in [2.45, 2.75) is 38.0 Å². The van der Waals surface area contributed by atoms with Crippen LogP contribution in [0.1, 0.15) is 42.9 Å². The predicted molar refractivity (Wildman–Crippen MR) is 109 cm³/mol. The SMILES string of the molecule is COc1cccc(C2CCN(CCc3cccnc3N3CCCCC3)C2)n1. The molecule has 0 aliphatic carbocycles. The fraction of sp³-hybridized carbons (Fsp3) is 0.545. The van der Waals surface area contributed by atoms with E-state index < -0.39 is 0 Å². The largest absolute Gasteiger partial charge is 0.481 e. The minimum atomic E-state index is 0.510. The summed E-state index contributed by atoms with van der Waals surface area (Å²) in [6.07, 6.45) is 8.11. The maximum absolute atomic E-state index is 5.28. The van der Waals surface area contributed by atoms with Crippen molar-refractivity contribution in [3.05, 3.63) is 47.8 Å². The molecule has 5 nitrogen and oxygen atoms in total. The summed E-state index contributed by atoms with van der Waals surface area (Å²) in [6.45, 7) is 5.62. The number of aromatic nitrogens is 2. The molecule has 4 rings (SSSR count). The van der Waals surface area contributed by atoms with E-state index in [-0.39, 0.29) is 0 Å². The first-order valence-electron chi connectivity index (χ1n) is 10.3. The van der Waals surface area contributed by atoms with Crippen LogP contribution in [0.5, 0.6) is 5.88 Å². The molecule has 0 N–H and O–H groups in total. The second kappa shape index (κ2) is 8.70. The van der Waals surface area contributed by atoms with Crippen LogP contribution in [-0.2, 0) is 6.42 Å². The zero-order valence-corrected chi connectivity index (χ0v) is 16.3. The summed E-state index contributed by atoms with van der Waals surface area (Å²) in [4.78, 5) is 14.4. The Balaban J connectivity index is 1.36. The molecule has 2 fully saturated rings. The van der Waals surface area contributed by atoms with Gasteiger partial charge in [0.15, 0.2) is 0 Å². The first-order chi connectivity index (χ1) is 13.3. The predicted octanol–water partition coefficient (Wildman–Crippen LogP) is 3.51. The third-order valence-electron chi connectivity index (χ3n) is 5.87. The van der Waals surface area contributed by atoms with Gasteiger partial charge in [-0.1, -0.05) is 12.1 Å². The summed E-state index contributed by atoms with van der Waals surface area (Å²) < 4.78 is 5.28. The fourth-order valence-corrected chi connectivity index (χ4v) is 4.34. The number of hydrogen-bond acceptors (Lipinski definition) is 5. The number of piperidine rings is 1. The maximum Gasteiger partial charge on any atom is 0.213 e. The second-order valence-corrected chi connectivity index (χ2v) is 7.67. The zero-order valence-electron chi connectivity index (χ0n) is 16.3. The van der Waals surface area contributed by atoms with Crippen LogP contribution in [-0.4, -0.2) is 54.7 Å². The van der Waals surface area contributed by atoms with E-state index in [1.54, 1.807) is 7.11 Å². The summed E-state index contributed by atoms with van der Waals surface area (Å²) in [6, 6.07) is 10.4. The van der Waals surface area contributed by atoms with Gasteiger partial charge < -0.3 is 14.5 Å². The van der Waals surface area contributed by atoms with E-state index in [2.05, 4.69) is 33.0 Å². The second-order valence-electron chi connectivity index (χ2n) is 7.67. The highest BCUT2D eigenvalue weighted by Gasteiger charge is 2.25. The van der Waals surface area contributed by atoms with Gasteiger partial charge in [-0.2, -0.15) is 0 Å². The van der Waals surface area contributed by atoms with E-state index in [1.165, 1.54) is 37.1 Å². The van der Waals surface area contributed by atoms with Crippen molar-refractivity contribution in [3.63, 3.8) is 0 Å². The van der Waals surface area contributed by atoms with Crippen LogP contribution < -0.4 is 9.64 Å². The monoisotopic (exact) mass is 366 g/mol. The average molecular weight is 367 g/mol. The van der Waals surface area contributed by atoms with Gasteiger partial charge in [0.05, 0.1) is 7.11 Å². The summed E-state index contributed by atoms with van der Waals surface area (Å²) in [5.41, 5.74) is 2.55. The smallest absolute Gasteiger partial charge is 0.213 e. The molecule has 144 valence electrons. The zero-order chi connectivity index (χ0) is 18.5. The Bertz CT molecular complexity index is 745. The normalized spacial score (nSPS) is 20.8. The number of methoxy groups -OCH3 is 1. The van der Waals surface area contributed by atoms with Gasteiger partial charge in [-0.15, -0.1) is 0 Å². The van der Waals surface area contributed by atoms with Crippen LogP contribution in [0, 0.1) is 0 Å². The molecule has 0 amide bonds. The molecule has 4 heterocycles. The van der Waals surface area contributed by atoms with Gasteiger partial charge >= 0.3 is 0 Å². The number of nitrogens with zero attached hydrogens (tertiary/aromatic N) is 4. The van der Waals surface area contributed by atoms with Crippen molar-refractivity contribution in [3.8, 4) is 5.88 Å². The number of likely N-dealkylation sites (tertiary alicyclic amines) is 1. The van der Waals surface area contributed by atoms with Gasteiger partial charge in [-0.05, 0) is 56.3 Å². The number of ether oxygens (including phenoxy) is 1. The first kappa shape index (κ1) is 18.2. The molecule has 0 radical (unpaired) electrons. The third-order valence-corrected chi connectivity index (χ3v) is 5.87. The van der Waals surface area contributed by atoms with E-state index in [0.29, 0.717) is 11.8 Å². The number of pyridine rings is 2. The molecule has 2 aromatic heterocycles. The van der Waals surface area contributed by atoms with Crippen molar-refractivity contribution >= 4 is 5.82 Å². The Morgan fingerprint density at radius 3 is 2.81 bits per heavy atom. The number of hydrogen-bond donors (Lipinski definition) is 0. The number of anilines is 1. The lowest BCUT2D eigenvalue weighted by atomic mass is 10.0. The molecule has 1 atom stereocenters. The van der Waals surface area contributed by atoms with E-state index in [4.69, 9.17) is 9.72 Å². The highest BCUT2D eigenvalue weighted by atomic mass is 16.5. The highest BCUT2D eigenvalue weighted by Crippen LogP contribution is 2.28. The Labute approximate surface area is 162 Å². The van der Waals surface area contributed by atoms with Crippen LogP contribution in [0.3, 0.4) is 0 Å². The molecular formula is C22H30N4O. The lowest BCUT2D eigenvalue weighted by Gasteiger charge is -2.29. The maximum atomic E-state index is 5.28. The molecule has 2 saturated heterocycles. The fourth-order valence-electron chi connectivity index (χ4n) is 4.34. The molecule has 0 aromatic carbocycles. The van der Waals surface area contributed by atoms with Crippen molar-refractivity contribution < 1.29 is 4.74 Å². The van der Waals surface area contributed by atoms with Gasteiger partial charge in [0.25, 0.3) is 0 Å². The Morgan fingerprint density at radius 1 is 1.07 bits per heavy atom. The van der Waals surface area contributed by atoms with Crippen LogP contribution in [0.2, 0.25) is 0 Å². The van der Waals surface area contributed by atoms with E-state index >= 15 is 0 Å². The molecule has 0 bridgehead atoms. The molecule has 27 heavy (non-hydrogen) atoms. The standard InChI is InChI=1S/C22H30N4O/c1-27-21-9-5-8-20(24-21)19-11-16-25(17-19)15-10-18-7-6-12-23-22(18)26-13-3-2-4-14-26/h5-9,12,19H,2-4,10-11,13-17H2,1H3. The quantitative estimate of drug-likeness (QED) is 0.783. The van der Waals surface area contributed by atoms with Crippen LogP contribution >= 0.6 is 0 Å². The molecule has 1 unspecified atom stereocenters. The topological polar surface area (TPSA) is 41.5 Å². The molecule has 5 heteroatoms. The van der Waals surface area contributed by atoms with Crippen LogP contribution in [0.25, 0.3) is 0 Å². The molecule has 0 saturated carbocycles. The van der Waals surface area contributed by atoms with Crippen molar-refractivity contribution in [1.82, 2.24) is 14.9 Å². The van der Waals surface area contributed by atoms with Gasteiger partial charge in [0.2, 0.25) is 5.88 Å². The lowest BCUT2D eigenvalue weighted by molar-refractivity contribution is 0.337. The minimum absolute atomic E-state index is 0.510. The van der Waals surface area contributed by atoms with Crippen molar-refractivity contribution in [2.24, 2.45) is 0 Å². The molecular weight excluding hydrogens is 336 g/mol. The third kappa shape index (κ3) is 4.41. The summed E-state index contributed by atoms with van der Waals surface area (Å²) in [5.74, 6) is 2.44. The summed E-state index contributed by atoms with van der Waals surface area (Å²) in [7, 11) is 1.68. The average Bonchev–Trinajstić information content (AvgIpc) is 3.22. The van der Waals surface area contributed by atoms with Crippen LogP contribution in [0.15, 0.2) is 36.5 Å². The van der Waals surface area contributed by atoms with Gasteiger partial charge in [-0.3, -0.25) is 0 Å². The summed E-state index contributed by atoms with van der Waals surface area (Å²) in [5, 5.41) is 0. The minimum Gasteiger partial charge on any atom is -0.481 e. The first-order valence-corrected chi connectivity index (χ1v) is 10.3. The van der Waals surface area contributed by atoms with E-state index in [9.17, 15) is 0 Å². The Hall–Kier alpha value is -2.14. The molecule has 2 aliphatic rings. The lowest BCUT2D eigenvalue weighted by Crippen LogP contribution is -2.31. The van der Waals surface area contributed by atoms with Crippen LogP contribution in [0.4, 0.5) is 5.82 Å². The highest BCUT2D eigenvalue weighted by molar-refractivity contribution is 5.47. The van der Waals surface area contributed by atoms with E-state index in [0.717, 1.165) is 44.8 Å². The summed E-state index contributed by atoms with van der Waals surface area (Å²) >= 11 is 0. The Morgan fingerprint density at radius 2 is 1.96 bits per heavy atom. The van der Waals surface area contributed by atoms with Gasteiger partial charge in [0.1, 0.15) is 5.82 Å². The molecule has 2 aliphatic heterocycles. The van der Waals surface area contributed by atoms with Crippen molar-refractivity contribution in [1.29, 1.82) is 0 Å². The number of rotatable bonds is 6. The van der Waals surface area contributed by atoms with Gasteiger partial charge in [0, 0.05) is 50.1 Å². The molecule has 2 aromatic rings. The van der Waals surface area contributed by atoms with Gasteiger partial charge in [-0.25, -0.2) is 9.97 Å². The van der Waals surface area contributed by atoms with Crippen molar-refractivity contribution in [2.75, 3.05) is 44.7 Å². The molecule has 0 spiro atoms. The Kier molecular flexibility index (Phi) is 5.87. The van der Waals surface area contributed by atoms with E-state index in [1.807, 2.05) is 18.3 Å².